The molecular weight excluding hydrogens is 306 g/mol. The van der Waals surface area contributed by atoms with Crippen molar-refractivity contribution in [1.82, 2.24) is 14.7 Å². The Morgan fingerprint density at radius 2 is 2.04 bits per heavy atom. The number of nitrogens with zero attached hydrogens (tertiary/aromatic N) is 3. The van der Waals surface area contributed by atoms with E-state index < -0.39 is 5.60 Å². The molecule has 3 heterocycles. The summed E-state index contributed by atoms with van der Waals surface area (Å²) in [5.74, 6) is 1.10. The standard InChI is InChI=1S/C18H31N3O3/c1-6-12(2)14-10-19-11-20(17(23)24-18(3,4)5)9-13-7-8-15(22)21(14)16(13)19/h12-14,16H,6-11H2,1-5H3/t12-,13-,14-,16-/m1/s1. The van der Waals surface area contributed by atoms with E-state index in [0.29, 0.717) is 31.5 Å². The van der Waals surface area contributed by atoms with E-state index in [1.165, 1.54) is 0 Å². The van der Waals surface area contributed by atoms with Gasteiger partial charge in [-0.25, -0.2) is 4.79 Å². The van der Waals surface area contributed by atoms with Gasteiger partial charge in [0.25, 0.3) is 0 Å². The molecule has 24 heavy (non-hydrogen) atoms. The first kappa shape index (κ1) is 17.5. The fraction of sp³-hybridized carbons (Fsp3) is 0.889. The van der Waals surface area contributed by atoms with Gasteiger partial charge in [0.05, 0.1) is 12.8 Å². The number of ether oxygens (including phenoxy) is 1. The van der Waals surface area contributed by atoms with Crippen LogP contribution in [-0.2, 0) is 9.53 Å². The highest BCUT2D eigenvalue weighted by Crippen LogP contribution is 2.40. The van der Waals surface area contributed by atoms with Gasteiger partial charge in [0.2, 0.25) is 5.91 Å². The highest BCUT2D eigenvalue weighted by molar-refractivity contribution is 5.78. The number of hydrogen-bond acceptors (Lipinski definition) is 4. The maximum Gasteiger partial charge on any atom is 0.411 e. The van der Waals surface area contributed by atoms with Crippen molar-refractivity contribution in [3.8, 4) is 0 Å². The highest BCUT2D eigenvalue weighted by Gasteiger charge is 2.53. The average Bonchev–Trinajstić information content (AvgIpc) is 2.89. The number of hydrogen-bond donors (Lipinski definition) is 0. The molecule has 136 valence electrons. The molecule has 0 aromatic rings. The van der Waals surface area contributed by atoms with Gasteiger partial charge in [-0.3, -0.25) is 14.6 Å². The molecule has 0 unspecified atom stereocenters. The summed E-state index contributed by atoms with van der Waals surface area (Å²) >= 11 is 0. The van der Waals surface area contributed by atoms with Crippen LogP contribution in [0.1, 0.15) is 53.9 Å². The zero-order valence-electron chi connectivity index (χ0n) is 15.6. The zero-order chi connectivity index (χ0) is 17.6. The minimum atomic E-state index is -0.479. The van der Waals surface area contributed by atoms with Gasteiger partial charge in [-0.1, -0.05) is 20.3 Å². The Hall–Kier alpha value is -1.30. The maximum absolute atomic E-state index is 12.5. The van der Waals surface area contributed by atoms with Crippen molar-refractivity contribution in [1.29, 1.82) is 0 Å². The van der Waals surface area contributed by atoms with Crippen LogP contribution in [0.4, 0.5) is 4.79 Å². The highest BCUT2D eigenvalue weighted by atomic mass is 16.6. The van der Waals surface area contributed by atoms with Crippen molar-refractivity contribution >= 4 is 12.0 Å². The van der Waals surface area contributed by atoms with Crippen molar-refractivity contribution in [3.05, 3.63) is 0 Å². The predicted octanol–water partition coefficient (Wildman–Crippen LogP) is 2.49. The molecule has 6 heteroatoms. The minimum absolute atomic E-state index is 0.170. The Bertz CT molecular complexity index is 516. The average molecular weight is 337 g/mol. The van der Waals surface area contributed by atoms with Gasteiger partial charge in [0.1, 0.15) is 5.60 Å². The summed E-state index contributed by atoms with van der Waals surface area (Å²) in [6.45, 7) is 12.2. The molecule has 3 aliphatic heterocycles. The van der Waals surface area contributed by atoms with Crippen molar-refractivity contribution in [2.24, 2.45) is 11.8 Å². The molecule has 3 saturated heterocycles. The van der Waals surface area contributed by atoms with Crippen LogP contribution in [0.25, 0.3) is 0 Å². The zero-order valence-corrected chi connectivity index (χ0v) is 15.6. The lowest BCUT2D eigenvalue weighted by Gasteiger charge is -2.48. The lowest BCUT2D eigenvalue weighted by Crippen LogP contribution is -2.61. The Morgan fingerprint density at radius 1 is 1.33 bits per heavy atom. The molecule has 0 radical (unpaired) electrons. The van der Waals surface area contributed by atoms with Crippen LogP contribution in [0.5, 0.6) is 0 Å². The summed E-state index contributed by atoms with van der Waals surface area (Å²) in [5.41, 5.74) is -0.479. The molecule has 2 amide bonds. The van der Waals surface area contributed by atoms with Crippen LogP contribution in [-0.4, -0.2) is 64.3 Å². The third kappa shape index (κ3) is 3.13. The summed E-state index contributed by atoms with van der Waals surface area (Å²) in [4.78, 5) is 31.3. The molecule has 0 spiro atoms. The van der Waals surface area contributed by atoms with Crippen LogP contribution in [0.2, 0.25) is 0 Å². The van der Waals surface area contributed by atoms with E-state index in [0.717, 1.165) is 19.4 Å². The third-order valence-electron chi connectivity index (χ3n) is 5.64. The smallest absolute Gasteiger partial charge is 0.411 e. The molecule has 3 aliphatic rings. The fourth-order valence-corrected chi connectivity index (χ4v) is 4.33. The second kappa shape index (κ2) is 6.21. The van der Waals surface area contributed by atoms with E-state index >= 15 is 0 Å². The fourth-order valence-electron chi connectivity index (χ4n) is 4.33. The monoisotopic (exact) mass is 337 g/mol. The van der Waals surface area contributed by atoms with Crippen molar-refractivity contribution < 1.29 is 14.3 Å². The maximum atomic E-state index is 12.5. The van der Waals surface area contributed by atoms with Gasteiger partial charge >= 0.3 is 6.09 Å². The first-order valence-corrected chi connectivity index (χ1v) is 9.24. The van der Waals surface area contributed by atoms with Crippen LogP contribution in [0, 0.1) is 11.8 Å². The molecular formula is C18H31N3O3. The Labute approximate surface area is 145 Å². The molecule has 4 atom stereocenters. The van der Waals surface area contributed by atoms with Gasteiger partial charge < -0.3 is 9.64 Å². The largest absolute Gasteiger partial charge is 0.444 e. The van der Waals surface area contributed by atoms with Crippen LogP contribution in [0.3, 0.4) is 0 Å². The number of piperidine rings is 1. The summed E-state index contributed by atoms with van der Waals surface area (Å²) in [6.07, 6.45) is 2.46. The lowest BCUT2D eigenvalue weighted by molar-refractivity contribution is -0.147. The van der Waals surface area contributed by atoms with Crippen molar-refractivity contribution in [3.63, 3.8) is 0 Å². The molecule has 6 nitrogen and oxygen atoms in total. The van der Waals surface area contributed by atoms with E-state index in [4.69, 9.17) is 4.74 Å². The lowest BCUT2D eigenvalue weighted by atomic mass is 9.90. The molecule has 0 saturated carbocycles. The second-order valence-corrected chi connectivity index (χ2v) is 8.58. The van der Waals surface area contributed by atoms with E-state index in [2.05, 4.69) is 23.6 Å². The van der Waals surface area contributed by atoms with Crippen molar-refractivity contribution in [2.75, 3.05) is 19.8 Å². The Morgan fingerprint density at radius 3 is 2.67 bits per heavy atom. The molecule has 3 rings (SSSR count). The van der Waals surface area contributed by atoms with E-state index in [1.54, 1.807) is 0 Å². The molecule has 0 bridgehead atoms. The van der Waals surface area contributed by atoms with Crippen molar-refractivity contribution in [2.45, 2.75) is 71.7 Å². The minimum Gasteiger partial charge on any atom is -0.444 e. The van der Waals surface area contributed by atoms with Gasteiger partial charge in [-0.2, -0.15) is 0 Å². The number of amides is 2. The first-order valence-electron chi connectivity index (χ1n) is 9.24. The van der Waals surface area contributed by atoms with E-state index in [1.807, 2.05) is 25.7 Å². The summed E-state index contributed by atoms with van der Waals surface area (Å²) in [7, 11) is 0. The van der Waals surface area contributed by atoms with Gasteiger partial charge in [-0.05, 0) is 33.1 Å². The molecule has 0 N–H and O–H groups in total. The van der Waals surface area contributed by atoms with Gasteiger partial charge in [0, 0.05) is 31.5 Å². The first-order chi connectivity index (χ1) is 11.2. The predicted molar refractivity (Wildman–Crippen MR) is 91.1 cm³/mol. The van der Waals surface area contributed by atoms with Crippen LogP contribution < -0.4 is 0 Å². The second-order valence-electron chi connectivity index (χ2n) is 8.58. The molecule has 0 aromatic carbocycles. The number of carbonyl (C=O) groups excluding carboxylic acids is 2. The summed E-state index contributed by atoms with van der Waals surface area (Å²) < 4.78 is 5.56. The SMILES string of the molecule is CC[C@@H](C)[C@H]1CN2CN(C(=O)OC(C)(C)C)C[C@H]3CCC(=O)N1[C@H]32. The van der Waals surface area contributed by atoms with Crippen LogP contribution in [0.15, 0.2) is 0 Å². The summed E-state index contributed by atoms with van der Waals surface area (Å²) in [5, 5.41) is 0. The molecule has 0 aliphatic carbocycles. The summed E-state index contributed by atoms with van der Waals surface area (Å²) in [6, 6.07) is 0.272. The Kier molecular flexibility index (Phi) is 4.53. The van der Waals surface area contributed by atoms with Crippen LogP contribution >= 0.6 is 0 Å². The van der Waals surface area contributed by atoms with E-state index in [9.17, 15) is 9.59 Å². The van der Waals surface area contributed by atoms with Gasteiger partial charge in [-0.15, -0.1) is 0 Å². The Balaban J connectivity index is 1.78. The quantitative estimate of drug-likeness (QED) is 0.777. The van der Waals surface area contributed by atoms with E-state index in [-0.39, 0.29) is 24.2 Å². The molecule has 0 aromatic heterocycles. The normalized spacial score (nSPS) is 31.9. The topological polar surface area (TPSA) is 53.1 Å². The molecule has 3 fully saturated rings. The third-order valence-corrected chi connectivity index (χ3v) is 5.64. The van der Waals surface area contributed by atoms with Gasteiger partial charge in [0.15, 0.2) is 0 Å². The number of carbonyl (C=O) groups is 2. The number of rotatable bonds is 2.